The number of hydrogen-bond donors (Lipinski definition) is 2. The van der Waals surface area contributed by atoms with Crippen LogP contribution in [0.5, 0.6) is 5.75 Å². The maximum absolute atomic E-state index is 14.4. The monoisotopic (exact) mass is 614 g/mol. The van der Waals surface area contributed by atoms with Gasteiger partial charge in [0.2, 0.25) is 0 Å². The van der Waals surface area contributed by atoms with E-state index in [1.807, 2.05) is 45.0 Å². The lowest BCUT2D eigenvalue weighted by molar-refractivity contribution is -0.205. The van der Waals surface area contributed by atoms with Crippen LogP contribution in [0.2, 0.25) is 0 Å². The topological polar surface area (TPSA) is 143 Å². The molecular formula is C37H42O8. The number of phenols is 1. The van der Waals surface area contributed by atoms with Crippen molar-refractivity contribution in [2.45, 2.75) is 80.3 Å². The van der Waals surface area contributed by atoms with Gasteiger partial charge in [-0.3, -0.25) is 28.8 Å². The highest BCUT2D eigenvalue weighted by Crippen LogP contribution is 2.64. The Balaban J connectivity index is 1.64. The summed E-state index contributed by atoms with van der Waals surface area (Å²) in [4.78, 5) is 81.4. The standard InChI is InChI=1S/C37H42O8/c1-18(2)28-30(41)26(19(3)38)32(43)37(45)33(44)29-31(42)27-23(16-35(29,7)17-36(28,37)8)22(13-14-24(27)39)21-11-9-20(10-12-21)15-25(40)34(4,5)6/h9-14,18,26,28-29,39,45H,15-17H2,1-8H3/t26?,28?,29?,35-,36-,37+/m1/s1. The predicted octanol–water partition coefficient (Wildman–Crippen LogP) is 4.92. The molecule has 3 aliphatic rings. The number of ketones is 6. The highest BCUT2D eigenvalue weighted by Gasteiger charge is 2.76. The van der Waals surface area contributed by atoms with Gasteiger partial charge >= 0.3 is 0 Å². The molecule has 8 heteroatoms. The van der Waals surface area contributed by atoms with E-state index < -0.39 is 74.4 Å². The third-order valence-corrected chi connectivity index (χ3v) is 10.7. The fraction of sp³-hybridized carbons (Fsp3) is 0.514. The number of carbonyl (C=O) groups is 6. The molecule has 3 unspecified atom stereocenters. The molecular weight excluding hydrogens is 572 g/mol. The number of phenolic OH excluding ortho intramolecular Hbond substituents is 1. The Morgan fingerprint density at radius 2 is 1.56 bits per heavy atom. The van der Waals surface area contributed by atoms with Gasteiger partial charge in [0, 0.05) is 23.2 Å². The highest BCUT2D eigenvalue weighted by molar-refractivity contribution is 6.32. The zero-order valence-electron chi connectivity index (χ0n) is 27.2. The summed E-state index contributed by atoms with van der Waals surface area (Å²) in [5, 5.41) is 23.1. The first-order valence-electron chi connectivity index (χ1n) is 15.6. The summed E-state index contributed by atoms with van der Waals surface area (Å²) in [5.41, 5.74) is -3.11. The third-order valence-electron chi connectivity index (χ3n) is 10.7. The molecule has 0 saturated heterocycles. The fourth-order valence-electron chi connectivity index (χ4n) is 8.66. The Labute approximate surface area is 263 Å². The van der Waals surface area contributed by atoms with Gasteiger partial charge in [-0.25, -0.2) is 0 Å². The molecule has 2 aromatic carbocycles. The quantitative estimate of drug-likeness (QED) is 0.452. The average Bonchev–Trinajstić information content (AvgIpc) is 2.90. The van der Waals surface area contributed by atoms with E-state index in [1.54, 1.807) is 33.8 Å². The summed E-state index contributed by atoms with van der Waals surface area (Å²) in [6.45, 7) is 13.6. The van der Waals surface area contributed by atoms with Crippen molar-refractivity contribution >= 4 is 34.7 Å². The lowest BCUT2D eigenvalue weighted by atomic mass is 9.40. The Morgan fingerprint density at radius 3 is 2.09 bits per heavy atom. The van der Waals surface area contributed by atoms with Gasteiger partial charge < -0.3 is 10.2 Å². The number of aromatic hydroxyl groups is 1. The van der Waals surface area contributed by atoms with E-state index in [0.717, 1.165) is 18.1 Å². The molecule has 0 radical (unpaired) electrons. The highest BCUT2D eigenvalue weighted by atomic mass is 16.3. The van der Waals surface area contributed by atoms with E-state index in [1.165, 1.54) is 6.07 Å². The molecule has 6 atom stereocenters. The van der Waals surface area contributed by atoms with Crippen LogP contribution < -0.4 is 0 Å². The molecule has 2 saturated carbocycles. The SMILES string of the molecule is CC(=O)C1C(=O)C(C(C)C)[C@@]2(C)C[C@@]3(C)Cc4c(-c5ccc(CC(=O)C(C)(C)C)cc5)ccc(O)c4C(=O)C3C(=O)[C@@]2(O)C1=O. The molecule has 0 heterocycles. The Bertz CT molecular complexity index is 1670. The second-order valence-corrected chi connectivity index (χ2v) is 15.4. The van der Waals surface area contributed by atoms with Crippen molar-refractivity contribution in [3.05, 3.63) is 53.1 Å². The van der Waals surface area contributed by atoms with Crippen LogP contribution in [0.1, 0.15) is 83.3 Å². The first-order chi connectivity index (χ1) is 20.7. The number of aliphatic hydroxyl groups is 1. The van der Waals surface area contributed by atoms with Gasteiger partial charge in [-0.2, -0.15) is 0 Å². The van der Waals surface area contributed by atoms with Crippen molar-refractivity contribution in [2.24, 2.45) is 39.9 Å². The minimum atomic E-state index is -2.73. The maximum atomic E-state index is 14.4. The lowest BCUT2D eigenvalue weighted by Crippen LogP contribution is -2.76. The molecule has 0 aromatic heterocycles. The summed E-state index contributed by atoms with van der Waals surface area (Å²) in [7, 11) is 0. The molecule has 0 bridgehead atoms. The van der Waals surface area contributed by atoms with Crippen LogP contribution in [0.25, 0.3) is 11.1 Å². The van der Waals surface area contributed by atoms with Gasteiger partial charge in [0.1, 0.15) is 23.2 Å². The Morgan fingerprint density at radius 1 is 0.956 bits per heavy atom. The molecule has 3 aliphatic carbocycles. The Hall–Kier alpha value is -3.78. The van der Waals surface area contributed by atoms with Crippen molar-refractivity contribution in [1.82, 2.24) is 0 Å². The maximum Gasteiger partial charge on any atom is 0.190 e. The molecule has 2 aromatic rings. The van der Waals surface area contributed by atoms with Crippen LogP contribution in [0.4, 0.5) is 0 Å². The molecule has 2 fully saturated rings. The van der Waals surface area contributed by atoms with Crippen molar-refractivity contribution in [1.29, 1.82) is 0 Å². The van der Waals surface area contributed by atoms with Gasteiger partial charge in [0.25, 0.3) is 0 Å². The lowest BCUT2D eigenvalue weighted by Gasteiger charge is -2.61. The Kier molecular flexibility index (Phi) is 7.52. The predicted molar refractivity (Wildman–Crippen MR) is 167 cm³/mol. The molecule has 238 valence electrons. The number of carbonyl (C=O) groups excluding carboxylic acids is 6. The van der Waals surface area contributed by atoms with E-state index in [0.29, 0.717) is 11.1 Å². The van der Waals surface area contributed by atoms with E-state index >= 15 is 0 Å². The molecule has 0 amide bonds. The van der Waals surface area contributed by atoms with Crippen molar-refractivity contribution in [2.75, 3.05) is 0 Å². The summed E-state index contributed by atoms with van der Waals surface area (Å²) in [5.74, 6) is -9.07. The van der Waals surface area contributed by atoms with Crippen LogP contribution in [0.15, 0.2) is 36.4 Å². The average molecular weight is 615 g/mol. The largest absolute Gasteiger partial charge is 0.507 e. The van der Waals surface area contributed by atoms with Crippen molar-refractivity contribution in [3.8, 4) is 16.9 Å². The molecule has 8 nitrogen and oxygen atoms in total. The summed E-state index contributed by atoms with van der Waals surface area (Å²) >= 11 is 0. The van der Waals surface area contributed by atoms with Gasteiger partial charge in [-0.15, -0.1) is 0 Å². The second kappa shape index (κ2) is 10.4. The normalized spacial score (nSPS) is 31.4. The zero-order valence-corrected chi connectivity index (χ0v) is 27.2. The molecule has 5 rings (SSSR count). The fourth-order valence-corrected chi connectivity index (χ4v) is 8.66. The summed E-state index contributed by atoms with van der Waals surface area (Å²) in [6, 6.07) is 10.5. The zero-order chi connectivity index (χ0) is 33.6. The second-order valence-electron chi connectivity index (χ2n) is 15.4. The molecule has 0 aliphatic heterocycles. The smallest absolute Gasteiger partial charge is 0.190 e. The third kappa shape index (κ3) is 4.58. The van der Waals surface area contributed by atoms with Crippen LogP contribution in [0, 0.1) is 39.9 Å². The number of Topliss-reactive ketones (excluding diaryl/α,β-unsaturated/α-hetero) is 6. The van der Waals surface area contributed by atoms with Gasteiger partial charge in [-0.05, 0) is 59.4 Å². The van der Waals surface area contributed by atoms with E-state index in [-0.39, 0.29) is 36.4 Å². The molecule has 2 N–H and O–H groups in total. The first kappa shape index (κ1) is 32.6. The molecule has 0 spiro atoms. The van der Waals surface area contributed by atoms with Crippen molar-refractivity contribution in [3.63, 3.8) is 0 Å². The minimum Gasteiger partial charge on any atom is -0.507 e. The van der Waals surface area contributed by atoms with Crippen LogP contribution in [0.3, 0.4) is 0 Å². The number of benzene rings is 2. The van der Waals surface area contributed by atoms with E-state index in [9.17, 15) is 39.0 Å². The van der Waals surface area contributed by atoms with Crippen LogP contribution in [-0.2, 0) is 36.8 Å². The minimum absolute atomic E-state index is 0.00795. The van der Waals surface area contributed by atoms with Gasteiger partial charge in [0.05, 0.1) is 11.5 Å². The number of fused-ring (bicyclic) bond motifs is 3. The van der Waals surface area contributed by atoms with E-state index in [2.05, 4.69) is 0 Å². The number of hydrogen-bond acceptors (Lipinski definition) is 8. The van der Waals surface area contributed by atoms with Crippen LogP contribution in [-0.4, -0.2) is 50.5 Å². The summed E-state index contributed by atoms with van der Waals surface area (Å²) in [6.07, 6.45) is 0.428. The first-order valence-corrected chi connectivity index (χ1v) is 15.6. The van der Waals surface area contributed by atoms with Gasteiger partial charge in [0.15, 0.2) is 28.7 Å². The van der Waals surface area contributed by atoms with E-state index in [4.69, 9.17) is 0 Å². The number of rotatable bonds is 5. The van der Waals surface area contributed by atoms with Crippen molar-refractivity contribution < 1.29 is 39.0 Å². The van der Waals surface area contributed by atoms with Crippen LogP contribution >= 0.6 is 0 Å². The van der Waals surface area contributed by atoms with Gasteiger partial charge in [-0.1, -0.05) is 78.8 Å². The molecule has 45 heavy (non-hydrogen) atoms. The summed E-state index contributed by atoms with van der Waals surface area (Å²) < 4.78 is 0.